The van der Waals surface area contributed by atoms with Crippen LogP contribution in [0, 0.1) is 5.21 Å². The molecule has 0 amide bonds. The number of carbonyl (C=O) groups is 1. The van der Waals surface area contributed by atoms with Crippen LogP contribution in [0.1, 0.15) is 48.1 Å². The number of hydrogen-bond acceptors (Lipinski definition) is 10. The Balaban J connectivity index is 1.31. The number of H-pyrrole nitrogens is 1. The summed E-state index contributed by atoms with van der Waals surface area (Å²) in [7, 11) is 0. The topological polar surface area (TPSA) is 170 Å². The number of aromatic amines is 1. The zero-order valence-corrected chi connectivity index (χ0v) is 23.6. The molecular weight excluding hydrogens is 566 g/mol. The molecule has 1 saturated heterocycles. The van der Waals surface area contributed by atoms with Gasteiger partial charge in [-0.15, -0.1) is 15.2 Å². The summed E-state index contributed by atoms with van der Waals surface area (Å²) in [6, 6.07) is 15.7. The lowest BCUT2D eigenvalue weighted by Gasteiger charge is -2.13. The second kappa shape index (κ2) is 13.4. The van der Waals surface area contributed by atoms with Crippen molar-refractivity contribution in [3.63, 3.8) is 0 Å². The second-order valence-electron chi connectivity index (χ2n) is 9.70. The largest absolute Gasteiger partial charge is 0.569 e. The van der Waals surface area contributed by atoms with Crippen LogP contribution < -0.4 is 0 Å². The van der Waals surface area contributed by atoms with E-state index in [9.17, 15) is 15.1 Å². The number of unbranched alkanes of at least 4 members (excludes halogenated alkanes) is 1. The minimum atomic E-state index is -0.759. The van der Waals surface area contributed by atoms with Gasteiger partial charge in [-0.2, -0.15) is 5.21 Å². The van der Waals surface area contributed by atoms with Gasteiger partial charge >= 0.3 is 5.97 Å². The summed E-state index contributed by atoms with van der Waals surface area (Å²) in [4.78, 5) is 22.6. The van der Waals surface area contributed by atoms with Crippen LogP contribution in [-0.2, 0) is 22.5 Å². The maximum absolute atomic E-state index is 13.1. The molecule has 0 saturated carbocycles. The lowest BCUT2D eigenvalue weighted by Crippen LogP contribution is -2.29. The minimum Gasteiger partial charge on any atom is -0.569 e. The molecule has 3 heterocycles. The predicted octanol–water partition coefficient (Wildman–Crippen LogP) is 3.76. The number of halogens is 1. The number of carbonyl (C=O) groups excluding carboxylic acids is 1. The molecule has 2 aromatic heterocycles. The Morgan fingerprint density at radius 1 is 1.24 bits per heavy atom. The fourth-order valence-electron chi connectivity index (χ4n) is 4.69. The van der Waals surface area contributed by atoms with Gasteiger partial charge in [-0.3, -0.25) is 0 Å². The van der Waals surface area contributed by atoms with Gasteiger partial charge in [-0.1, -0.05) is 73.5 Å². The number of imidazole rings is 1. The van der Waals surface area contributed by atoms with Crippen LogP contribution in [0.5, 0.6) is 0 Å². The highest BCUT2D eigenvalue weighted by Gasteiger charge is 2.27. The van der Waals surface area contributed by atoms with Crippen molar-refractivity contribution >= 4 is 17.6 Å². The maximum atomic E-state index is 13.1. The number of nitrogens with one attached hydrogen (secondary N) is 1. The number of rotatable bonds is 12. The third-order valence-corrected chi connectivity index (χ3v) is 7.09. The van der Waals surface area contributed by atoms with Crippen molar-refractivity contribution in [1.82, 2.24) is 35.2 Å². The lowest BCUT2D eigenvalue weighted by molar-refractivity contribution is -0.708. The molecule has 42 heavy (non-hydrogen) atoms. The smallest absolute Gasteiger partial charge is 0.361 e. The van der Waals surface area contributed by atoms with E-state index in [0.29, 0.717) is 37.6 Å². The maximum Gasteiger partial charge on any atom is 0.361 e. The summed E-state index contributed by atoms with van der Waals surface area (Å²) < 4.78 is 6.95. The van der Waals surface area contributed by atoms with Crippen LogP contribution in [0.2, 0.25) is 5.15 Å². The van der Waals surface area contributed by atoms with E-state index < -0.39 is 18.9 Å². The zero-order valence-electron chi connectivity index (χ0n) is 22.9. The standard InChI is InChI=1S/C27H30ClN9O5/c1-2-3-8-23-29-25(28)24(27(39)41-17-42-34-37(40)35-14-13-20(38)16-35)36(23)15-18-9-11-19(12-10-18)21-6-4-5-7-22(21)26-30-32-33-31-26/h4-7,9-12,20,38H,2-3,8,13-17H2,1H3,(H,30,31,32,33)/b37-34+. The highest BCUT2D eigenvalue weighted by molar-refractivity contribution is 6.32. The molecule has 1 unspecified atom stereocenters. The summed E-state index contributed by atoms with van der Waals surface area (Å²) in [5.74, 6) is 0.399. The summed E-state index contributed by atoms with van der Waals surface area (Å²) >= 11 is 6.42. The molecule has 0 spiro atoms. The first-order valence-corrected chi connectivity index (χ1v) is 13.9. The van der Waals surface area contributed by atoms with Gasteiger partial charge in [0.2, 0.25) is 11.1 Å². The summed E-state index contributed by atoms with van der Waals surface area (Å²) in [5, 5.41) is 40.5. The molecule has 2 N–H and O–H groups in total. The van der Waals surface area contributed by atoms with Gasteiger partial charge in [0.05, 0.1) is 17.6 Å². The fraction of sp³-hybridized carbons (Fsp3) is 0.370. The van der Waals surface area contributed by atoms with Gasteiger partial charge < -0.3 is 24.5 Å². The first kappa shape index (κ1) is 29.0. The van der Waals surface area contributed by atoms with Crippen LogP contribution in [0.4, 0.5) is 0 Å². The van der Waals surface area contributed by atoms with E-state index in [0.717, 1.165) is 35.1 Å². The monoisotopic (exact) mass is 595 g/mol. The molecule has 4 aromatic rings. The average molecular weight is 596 g/mol. The molecule has 0 aliphatic carbocycles. The van der Waals surface area contributed by atoms with Crippen molar-refractivity contribution in [2.24, 2.45) is 5.28 Å². The first-order chi connectivity index (χ1) is 20.4. The average Bonchev–Trinajstić information content (AvgIpc) is 3.75. The third-order valence-electron chi connectivity index (χ3n) is 6.82. The van der Waals surface area contributed by atoms with E-state index in [1.54, 1.807) is 4.57 Å². The highest BCUT2D eigenvalue weighted by Crippen LogP contribution is 2.30. The van der Waals surface area contributed by atoms with E-state index in [1.165, 1.54) is 5.01 Å². The molecule has 1 aliphatic heterocycles. The highest BCUT2D eigenvalue weighted by atomic mass is 35.5. The zero-order chi connectivity index (χ0) is 29.5. The number of hydrogen-bond donors (Lipinski definition) is 2. The fourth-order valence-corrected chi connectivity index (χ4v) is 4.96. The number of aryl methyl sites for hydroxylation is 1. The van der Waals surface area contributed by atoms with E-state index in [-0.39, 0.29) is 22.4 Å². The van der Waals surface area contributed by atoms with Gasteiger partial charge in [0, 0.05) is 18.5 Å². The van der Waals surface area contributed by atoms with Gasteiger partial charge in [0.1, 0.15) is 12.4 Å². The molecule has 5 rings (SSSR count). The Morgan fingerprint density at radius 3 is 2.71 bits per heavy atom. The molecule has 1 aliphatic rings. The van der Waals surface area contributed by atoms with Crippen LogP contribution >= 0.6 is 11.6 Å². The number of aliphatic hydroxyl groups is 1. The quantitative estimate of drug-likeness (QED) is 0.0613. The van der Waals surface area contributed by atoms with E-state index in [2.05, 4.69) is 37.8 Å². The van der Waals surface area contributed by atoms with Crippen molar-refractivity contribution in [3.05, 3.63) is 76.0 Å². The Bertz CT molecular complexity index is 1530. The Hall–Kier alpha value is -4.56. The second-order valence-corrected chi connectivity index (χ2v) is 10.1. The number of nitrogens with zero attached hydrogens (tertiary/aromatic N) is 8. The summed E-state index contributed by atoms with van der Waals surface area (Å²) in [5.41, 5.74) is 3.76. The van der Waals surface area contributed by atoms with Crippen LogP contribution in [0.3, 0.4) is 0 Å². The number of β-amino-alcohol motifs (C(OH)–C–C–N with tert-alkyl or cyclic N) is 1. The molecule has 14 nitrogen and oxygen atoms in total. The van der Waals surface area contributed by atoms with Crippen LogP contribution in [0.15, 0.2) is 53.8 Å². The van der Waals surface area contributed by atoms with Crippen molar-refractivity contribution in [2.45, 2.75) is 45.3 Å². The number of aromatic nitrogens is 6. The molecule has 1 fully saturated rings. The van der Waals surface area contributed by atoms with Gasteiger partial charge in [0.15, 0.2) is 10.8 Å². The van der Waals surface area contributed by atoms with Crippen molar-refractivity contribution in [2.75, 3.05) is 19.9 Å². The number of esters is 1. The SMILES string of the molecule is CCCCc1nc(Cl)c(C(=O)OCO/N=[N+](/[O-])N2CCC(O)C2)n1Cc1ccc(-c2ccccc2-c2nn[nH]n2)cc1. The van der Waals surface area contributed by atoms with Gasteiger partial charge in [-0.25, -0.2) is 9.78 Å². The molecule has 0 radical (unpaired) electrons. The molecule has 15 heteroatoms. The number of aliphatic hydroxyl groups excluding tert-OH is 1. The van der Waals surface area contributed by atoms with E-state index in [1.807, 2.05) is 48.5 Å². The Labute approximate surface area is 246 Å². The van der Waals surface area contributed by atoms with Crippen molar-refractivity contribution in [1.29, 1.82) is 0 Å². The molecule has 1 atom stereocenters. The van der Waals surface area contributed by atoms with Gasteiger partial charge in [-0.05, 0) is 34.7 Å². The van der Waals surface area contributed by atoms with Crippen molar-refractivity contribution < 1.29 is 24.4 Å². The van der Waals surface area contributed by atoms with Crippen LogP contribution in [0.25, 0.3) is 22.5 Å². The third kappa shape index (κ3) is 6.66. The summed E-state index contributed by atoms with van der Waals surface area (Å²) in [6.07, 6.45) is 2.29. The lowest BCUT2D eigenvalue weighted by atomic mass is 9.98. The molecular formula is C27H30ClN9O5. The number of ether oxygens (including phenoxy) is 1. The van der Waals surface area contributed by atoms with Crippen LogP contribution in [-0.4, -0.2) is 77.2 Å². The molecule has 220 valence electrons. The number of hydrazine groups is 1. The number of benzene rings is 2. The molecule has 2 aromatic carbocycles. The van der Waals surface area contributed by atoms with E-state index in [4.69, 9.17) is 21.2 Å². The van der Waals surface area contributed by atoms with Crippen molar-refractivity contribution in [3.8, 4) is 22.5 Å². The first-order valence-electron chi connectivity index (χ1n) is 13.5. The van der Waals surface area contributed by atoms with E-state index >= 15 is 0 Å². The summed E-state index contributed by atoms with van der Waals surface area (Å²) in [6.45, 7) is 2.29. The normalized spacial score (nSPS) is 15.3. The Kier molecular flexibility index (Phi) is 9.24. The Morgan fingerprint density at radius 2 is 2.02 bits per heavy atom. The molecule has 0 bridgehead atoms. The predicted molar refractivity (Wildman–Crippen MR) is 150 cm³/mol. The van der Waals surface area contributed by atoms with Gasteiger partial charge in [0.25, 0.3) is 6.79 Å². The minimum absolute atomic E-state index is 0.0187. The number of tetrazole rings is 1.